The molecule has 0 radical (unpaired) electrons. The van der Waals surface area contributed by atoms with Crippen molar-refractivity contribution in [3.63, 3.8) is 0 Å². The first-order chi connectivity index (χ1) is 11.0. The van der Waals surface area contributed by atoms with Gasteiger partial charge in [0.05, 0.1) is 5.69 Å². The number of fused-ring (bicyclic) bond motifs is 1. The molecule has 2 aromatic heterocycles. The Labute approximate surface area is 143 Å². The zero-order chi connectivity index (χ0) is 16.6. The summed E-state index contributed by atoms with van der Waals surface area (Å²) in [5.41, 5.74) is 2.00. The average Bonchev–Trinajstić information content (AvgIpc) is 2.85. The van der Waals surface area contributed by atoms with Crippen molar-refractivity contribution in [3.05, 3.63) is 28.5 Å². The summed E-state index contributed by atoms with van der Waals surface area (Å²) in [5.74, 6) is 1.89. The molecule has 0 aromatic carbocycles. The molecule has 2 aromatic rings. The van der Waals surface area contributed by atoms with E-state index in [-0.39, 0.29) is 6.04 Å². The van der Waals surface area contributed by atoms with Gasteiger partial charge in [0.1, 0.15) is 15.9 Å². The highest BCUT2D eigenvalue weighted by Crippen LogP contribution is 2.38. The summed E-state index contributed by atoms with van der Waals surface area (Å²) in [6.45, 7) is 3.94. The van der Waals surface area contributed by atoms with E-state index in [0.717, 1.165) is 47.3 Å². The van der Waals surface area contributed by atoms with E-state index >= 15 is 0 Å². The normalized spacial score (nSPS) is 22.9. The van der Waals surface area contributed by atoms with E-state index in [4.69, 9.17) is 10.1 Å². The molecule has 2 N–H and O–H groups in total. The first-order valence-electron chi connectivity index (χ1n) is 7.96. The van der Waals surface area contributed by atoms with Gasteiger partial charge in [-0.2, -0.15) is 0 Å². The van der Waals surface area contributed by atoms with Crippen molar-refractivity contribution in [2.75, 3.05) is 0 Å². The molecule has 1 amide bonds. The van der Waals surface area contributed by atoms with Crippen LogP contribution in [0.1, 0.15) is 50.0 Å². The van der Waals surface area contributed by atoms with Crippen LogP contribution in [0.3, 0.4) is 0 Å². The molecule has 7 heteroatoms. The number of hydrogen-bond donors (Lipinski definition) is 2. The number of nitrogens with zero attached hydrogens (tertiary/aromatic N) is 3. The van der Waals surface area contributed by atoms with Gasteiger partial charge >= 0.3 is 6.09 Å². The number of aryl methyl sites for hydroxylation is 1. The standard InChI is InChI=1S/C16H21BrN4O2/c1-9(19-16(22)23)11-3-5-12(6-4-11)15-20-14(17)13-10(2)18-7-8-21(13)15/h7-9,11-12,19H,3-6H2,1-2H3,(H,22,23)/t9?,11-,12-. The van der Waals surface area contributed by atoms with E-state index < -0.39 is 6.09 Å². The molecule has 1 aliphatic carbocycles. The number of hydrogen-bond acceptors (Lipinski definition) is 3. The third-order valence-corrected chi connectivity index (χ3v) is 5.47. The maximum atomic E-state index is 10.8. The van der Waals surface area contributed by atoms with Crippen LogP contribution in [-0.2, 0) is 0 Å². The Morgan fingerprint density at radius 1 is 1.43 bits per heavy atom. The minimum atomic E-state index is -0.939. The highest BCUT2D eigenvalue weighted by Gasteiger charge is 2.29. The molecule has 0 saturated heterocycles. The van der Waals surface area contributed by atoms with E-state index in [0.29, 0.717) is 11.8 Å². The summed E-state index contributed by atoms with van der Waals surface area (Å²) in [7, 11) is 0. The van der Waals surface area contributed by atoms with Gasteiger partial charge in [-0.15, -0.1) is 0 Å². The average molecular weight is 381 g/mol. The topological polar surface area (TPSA) is 79.5 Å². The van der Waals surface area contributed by atoms with Crippen LogP contribution in [-0.4, -0.2) is 31.6 Å². The van der Waals surface area contributed by atoms with Gasteiger partial charge in [0.15, 0.2) is 0 Å². The van der Waals surface area contributed by atoms with Gasteiger partial charge in [0.2, 0.25) is 0 Å². The smallest absolute Gasteiger partial charge is 0.404 e. The molecule has 23 heavy (non-hydrogen) atoms. The second-order valence-electron chi connectivity index (χ2n) is 6.34. The van der Waals surface area contributed by atoms with Crippen LogP contribution in [0.5, 0.6) is 0 Å². The first kappa shape index (κ1) is 16.2. The summed E-state index contributed by atoms with van der Waals surface area (Å²) in [6.07, 6.45) is 6.93. The van der Waals surface area contributed by atoms with Crippen molar-refractivity contribution in [2.45, 2.75) is 51.5 Å². The predicted octanol–water partition coefficient (Wildman–Crippen LogP) is 3.73. The molecule has 0 bridgehead atoms. The molecular formula is C16H21BrN4O2. The molecule has 1 atom stereocenters. The number of halogens is 1. The Hall–Kier alpha value is -1.63. The number of imidazole rings is 1. The lowest BCUT2D eigenvalue weighted by Gasteiger charge is -2.31. The van der Waals surface area contributed by atoms with Crippen molar-refractivity contribution in [3.8, 4) is 0 Å². The Morgan fingerprint density at radius 2 is 2.13 bits per heavy atom. The molecule has 1 fully saturated rings. The molecule has 0 spiro atoms. The quantitative estimate of drug-likeness (QED) is 0.849. The van der Waals surface area contributed by atoms with Gasteiger partial charge in [-0.05, 0) is 61.4 Å². The largest absolute Gasteiger partial charge is 0.465 e. The van der Waals surface area contributed by atoms with Gasteiger partial charge in [0, 0.05) is 24.4 Å². The van der Waals surface area contributed by atoms with Gasteiger partial charge in [0.25, 0.3) is 0 Å². The predicted molar refractivity (Wildman–Crippen MR) is 90.7 cm³/mol. The second kappa shape index (κ2) is 6.47. The molecule has 0 aliphatic heterocycles. The van der Waals surface area contributed by atoms with E-state index in [9.17, 15) is 4.79 Å². The van der Waals surface area contributed by atoms with Crippen LogP contribution in [0.15, 0.2) is 17.0 Å². The van der Waals surface area contributed by atoms with Gasteiger partial charge in [-0.1, -0.05) is 0 Å². The molecule has 6 nitrogen and oxygen atoms in total. The zero-order valence-corrected chi connectivity index (χ0v) is 14.9. The number of aromatic nitrogens is 3. The lowest BCUT2D eigenvalue weighted by Crippen LogP contribution is -2.38. The Bertz CT molecular complexity index is 722. The van der Waals surface area contributed by atoms with Crippen LogP contribution in [0.4, 0.5) is 4.79 Å². The third kappa shape index (κ3) is 3.20. The fraction of sp³-hybridized carbons (Fsp3) is 0.562. The van der Waals surface area contributed by atoms with Gasteiger partial charge in [-0.3, -0.25) is 9.38 Å². The highest BCUT2D eigenvalue weighted by molar-refractivity contribution is 9.10. The van der Waals surface area contributed by atoms with Crippen LogP contribution in [0.2, 0.25) is 0 Å². The number of carbonyl (C=O) groups is 1. The summed E-state index contributed by atoms with van der Waals surface area (Å²) in [6, 6.07) is 0.00338. The summed E-state index contributed by atoms with van der Waals surface area (Å²) in [4.78, 5) is 19.8. The van der Waals surface area contributed by atoms with Crippen molar-refractivity contribution in [1.82, 2.24) is 19.7 Å². The summed E-state index contributed by atoms with van der Waals surface area (Å²) >= 11 is 3.55. The molecule has 1 saturated carbocycles. The molecule has 1 aliphatic rings. The minimum Gasteiger partial charge on any atom is -0.465 e. The van der Waals surface area contributed by atoms with Crippen molar-refractivity contribution in [2.24, 2.45) is 5.92 Å². The summed E-state index contributed by atoms with van der Waals surface area (Å²) < 4.78 is 2.98. The van der Waals surface area contributed by atoms with Crippen LogP contribution in [0.25, 0.3) is 5.52 Å². The zero-order valence-electron chi connectivity index (χ0n) is 13.3. The highest BCUT2D eigenvalue weighted by atomic mass is 79.9. The van der Waals surface area contributed by atoms with Crippen LogP contribution >= 0.6 is 15.9 Å². The summed E-state index contributed by atoms with van der Waals surface area (Å²) in [5, 5.41) is 11.4. The second-order valence-corrected chi connectivity index (χ2v) is 7.09. The number of rotatable bonds is 3. The fourth-order valence-electron chi connectivity index (χ4n) is 3.65. The van der Waals surface area contributed by atoms with E-state index in [2.05, 4.69) is 30.6 Å². The lowest BCUT2D eigenvalue weighted by atomic mass is 9.78. The van der Waals surface area contributed by atoms with Gasteiger partial charge in [-0.25, -0.2) is 9.78 Å². The molecule has 2 heterocycles. The van der Waals surface area contributed by atoms with Crippen LogP contribution < -0.4 is 5.32 Å². The molecule has 3 rings (SSSR count). The maximum absolute atomic E-state index is 10.8. The minimum absolute atomic E-state index is 0.00338. The van der Waals surface area contributed by atoms with E-state index in [1.165, 1.54) is 0 Å². The van der Waals surface area contributed by atoms with E-state index in [1.54, 1.807) is 0 Å². The molecular weight excluding hydrogens is 360 g/mol. The monoisotopic (exact) mass is 380 g/mol. The van der Waals surface area contributed by atoms with Crippen molar-refractivity contribution < 1.29 is 9.90 Å². The lowest BCUT2D eigenvalue weighted by molar-refractivity contribution is 0.179. The SMILES string of the molecule is Cc1nccn2c1c(Br)nc2[C@H]1CC[C@H](C(C)NC(=O)O)CC1. The Balaban J connectivity index is 1.76. The van der Waals surface area contributed by atoms with Crippen molar-refractivity contribution >= 4 is 27.5 Å². The number of amides is 1. The number of carboxylic acid groups (broad SMARTS) is 1. The van der Waals surface area contributed by atoms with Crippen molar-refractivity contribution in [1.29, 1.82) is 0 Å². The third-order valence-electron chi connectivity index (χ3n) is 4.92. The fourth-order valence-corrected chi connectivity index (χ4v) is 4.31. The molecule has 1 unspecified atom stereocenters. The van der Waals surface area contributed by atoms with Gasteiger partial charge < -0.3 is 10.4 Å². The Kier molecular flexibility index (Phi) is 4.57. The molecule has 124 valence electrons. The Morgan fingerprint density at radius 3 is 2.78 bits per heavy atom. The number of nitrogens with one attached hydrogen (secondary N) is 1. The maximum Gasteiger partial charge on any atom is 0.404 e. The van der Waals surface area contributed by atoms with E-state index in [1.807, 2.05) is 26.2 Å². The first-order valence-corrected chi connectivity index (χ1v) is 8.75. The van der Waals surface area contributed by atoms with Crippen LogP contribution in [0, 0.1) is 12.8 Å².